The van der Waals surface area contributed by atoms with Crippen molar-refractivity contribution in [3.8, 4) is 0 Å². The first kappa shape index (κ1) is 20.3. The van der Waals surface area contributed by atoms with Gasteiger partial charge in [0.2, 0.25) is 0 Å². The van der Waals surface area contributed by atoms with Gasteiger partial charge in [-0.25, -0.2) is 19.2 Å². The number of esters is 2. The van der Waals surface area contributed by atoms with Gasteiger partial charge >= 0.3 is 23.9 Å². The summed E-state index contributed by atoms with van der Waals surface area (Å²) in [5, 5.41) is 26.2. The number of aliphatic carboxylic acids is 2. The highest BCUT2D eigenvalue weighted by Crippen LogP contribution is 2.22. The molecule has 0 aromatic heterocycles. The van der Waals surface area contributed by atoms with Crippen molar-refractivity contribution in [2.75, 3.05) is 19.8 Å². The molecular formula is C14H18O9. The summed E-state index contributed by atoms with van der Waals surface area (Å²) in [6.45, 7) is 0.588. The van der Waals surface area contributed by atoms with Gasteiger partial charge in [0.15, 0.2) is 0 Å². The molecule has 0 bridgehead atoms. The SMILES string of the molecule is CCC(CO)(COC(=O)/C=C\C(=O)O)COC(=O)/C=C\C(=O)O. The van der Waals surface area contributed by atoms with Crippen LogP contribution in [0.1, 0.15) is 13.3 Å². The Balaban J connectivity index is 4.62. The molecule has 0 aliphatic rings. The van der Waals surface area contributed by atoms with Crippen LogP contribution < -0.4 is 0 Å². The van der Waals surface area contributed by atoms with Gasteiger partial charge in [-0.15, -0.1) is 0 Å². The van der Waals surface area contributed by atoms with E-state index < -0.39 is 35.9 Å². The first-order valence-electron chi connectivity index (χ1n) is 6.51. The van der Waals surface area contributed by atoms with Gasteiger partial charge in [-0.1, -0.05) is 6.92 Å². The molecule has 9 heteroatoms. The monoisotopic (exact) mass is 330 g/mol. The molecule has 9 nitrogen and oxygen atoms in total. The zero-order valence-electron chi connectivity index (χ0n) is 12.4. The molecule has 0 fully saturated rings. The van der Waals surface area contributed by atoms with E-state index in [2.05, 4.69) is 0 Å². The van der Waals surface area contributed by atoms with Crippen molar-refractivity contribution in [3.63, 3.8) is 0 Å². The van der Waals surface area contributed by atoms with Gasteiger partial charge in [0.05, 0.1) is 12.0 Å². The standard InChI is InChI=1S/C14H18O9/c1-2-14(7-15,8-22-12(20)5-3-10(16)17)9-23-13(21)6-4-11(18)19/h3-6,15H,2,7-9H2,1H3,(H,16,17)(H,18,19)/b5-3-,6-4-. The van der Waals surface area contributed by atoms with Crippen LogP contribution in [-0.4, -0.2) is 59.0 Å². The highest BCUT2D eigenvalue weighted by molar-refractivity contribution is 5.91. The Labute approximate surface area is 131 Å². The second-order valence-corrected chi connectivity index (χ2v) is 4.57. The summed E-state index contributed by atoms with van der Waals surface area (Å²) < 4.78 is 9.64. The highest BCUT2D eigenvalue weighted by Gasteiger charge is 2.31. The molecule has 0 aromatic carbocycles. The Kier molecular flexibility index (Phi) is 8.94. The molecule has 0 saturated carbocycles. The highest BCUT2D eigenvalue weighted by atomic mass is 16.5. The fourth-order valence-electron chi connectivity index (χ4n) is 1.27. The number of ether oxygens (including phenoxy) is 2. The quantitative estimate of drug-likeness (QED) is 0.364. The molecule has 0 aromatic rings. The Hall–Kier alpha value is -2.68. The molecule has 0 aliphatic heterocycles. The van der Waals surface area contributed by atoms with Gasteiger partial charge in [-0.2, -0.15) is 0 Å². The van der Waals surface area contributed by atoms with Crippen molar-refractivity contribution in [2.45, 2.75) is 13.3 Å². The summed E-state index contributed by atoms with van der Waals surface area (Å²) >= 11 is 0. The summed E-state index contributed by atoms with van der Waals surface area (Å²) in [5.74, 6) is -4.47. The van der Waals surface area contributed by atoms with E-state index in [0.29, 0.717) is 24.3 Å². The molecule has 0 spiro atoms. The third-order valence-electron chi connectivity index (χ3n) is 2.85. The van der Waals surface area contributed by atoms with Crippen LogP contribution in [0.2, 0.25) is 0 Å². The lowest BCUT2D eigenvalue weighted by atomic mass is 9.88. The van der Waals surface area contributed by atoms with E-state index >= 15 is 0 Å². The van der Waals surface area contributed by atoms with E-state index in [1.807, 2.05) is 0 Å². The number of rotatable bonds is 10. The maximum Gasteiger partial charge on any atom is 0.331 e. The average molecular weight is 330 g/mol. The Morgan fingerprint density at radius 3 is 1.52 bits per heavy atom. The Bertz CT molecular complexity index is 458. The van der Waals surface area contributed by atoms with E-state index in [9.17, 15) is 24.3 Å². The second-order valence-electron chi connectivity index (χ2n) is 4.57. The molecule has 0 aliphatic carbocycles. The minimum atomic E-state index is -1.31. The Morgan fingerprint density at radius 1 is 0.870 bits per heavy atom. The van der Waals surface area contributed by atoms with E-state index in [1.54, 1.807) is 6.92 Å². The van der Waals surface area contributed by atoms with E-state index in [0.717, 1.165) is 0 Å². The minimum Gasteiger partial charge on any atom is -0.478 e. The van der Waals surface area contributed by atoms with Crippen molar-refractivity contribution >= 4 is 23.9 Å². The van der Waals surface area contributed by atoms with Crippen molar-refractivity contribution in [1.29, 1.82) is 0 Å². The lowest BCUT2D eigenvalue weighted by molar-refractivity contribution is -0.151. The molecule has 0 amide bonds. The molecule has 0 unspecified atom stereocenters. The molecule has 3 N–H and O–H groups in total. The minimum absolute atomic E-state index is 0.287. The van der Waals surface area contributed by atoms with Crippen molar-refractivity contribution < 1.29 is 44.0 Å². The summed E-state index contributed by atoms with van der Waals surface area (Å²) in [4.78, 5) is 43.1. The van der Waals surface area contributed by atoms with E-state index in [4.69, 9.17) is 19.7 Å². The lowest BCUT2D eigenvalue weighted by Gasteiger charge is -2.28. The van der Waals surface area contributed by atoms with Gasteiger partial charge in [0.1, 0.15) is 13.2 Å². The summed E-state index contributed by atoms with van der Waals surface area (Å²) in [6.07, 6.45) is 2.91. The number of hydrogen-bond donors (Lipinski definition) is 3. The molecule has 128 valence electrons. The van der Waals surface area contributed by atoms with Crippen LogP contribution in [-0.2, 0) is 28.7 Å². The molecule has 0 rings (SSSR count). The average Bonchev–Trinajstić information content (AvgIpc) is 2.51. The van der Waals surface area contributed by atoms with Crippen molar-refractivity contribution in [2.24, 2.45) is 5.41 Å². The number of carbonyl (C=O) groups excluding carboxylic acids is 2. The predicted octanol–water partition coefficient (Wildman–Crippen LogP) is -0.257. The van der Waals surface area contributed by atoms with Gasteiger partial charge in [0.25, 0.3) is 0 Å². The lowest BCUT2D eigenvalue weighted by Crippen LogP contribution is -2.37. The number of carboxylic acid groups (broad SMARTS) is 2. The maximum atomic E-state index is 11.3. The van der Waals surface area contributed by atoms with E-state index in [1.165, 1.54) is 0 Å². The van der Waals surface area contributed by atoms with Gasteiger partial charge in [0, 0.05) is 24.3 Å². The zero-order chi connectivity index (χ0) is 17.9. The fraction of sp³-hybridized carbons (Fsp3) is 0.429. The molecule has 0 radical (unpaired) electrons. The second kappa shape index (κ2) is 10.1. The fourth-order valence-corrected chi connectivity index (χ4v) is 1.27. The summed E-state index contributed by atoms with van der Waals surface area (Å²) in [7, 11) is 0. The molecule has 0 heterocycles. The third-order valence-corrected chi connectivity index (χ3v) is 2.85. The van der Waals surface area contributed by atoms with Gasteiger partial charge in [-0.05, 0) is 6.42 Å². The third kappa shape index (κ3) is 9.04. The molecule has 0 atom stereocenters. The van der Waals surface area contributed by atoms with E-state index in [-0.39, 0.29) is 19.6 Å². The normalized spacial score (nSPS) is 11.6. The zero-order valence-corrected chi connectivity index (χ0v) is 12.4. The maximum absolute atomic E-state index is 11.3. The van der Waals surface area contributed by atoms with Crippen LogP contribution in [0.4, 0.5) is 0 Å². The van der Waals surface area contributed by atoms with Crippen LogP contribution >= 0.6 is 0 Å². The smallest absolute Gasteiger partial charge is 0.331 e. The number of aliphatic hydroxyl groups excluding tert-OH is 1. The van der Waals surface area contributed by atoms with Crippen LogP contribution in [0.25, 0.3) is 0 Å². The largest absolute Gasteiger partial charge is 0.478 e. The van der Waals surface area contributed by atoms with Gasteiger partial charge in [-0.3, -0.25) is 0 Å². The van der Waals surface area contributed by atoms with Crippen molar-refractivity contribution in [3.05, 3.63) is 24.3 Å². The topological polar surface area (TPSA) is 147 Å². The number of aliphatic hydroxyl groups is 1. The summed E-state index contributed by atoms with van der Waals surface area (Å²) in [6, 6.07) is 0. The number of carboxylic acids is 2. The summed E-state index contributed by atoms with van der Waals surface area (Å²) in [5.41, 5.74) is -1.07. The molecular weight excluding hydrogens is 312 g/mol. The first-order chi connectivity index (χ1) is 10.7. The van der Waals surface area contributed by atoms with Crippen LogP contribution in [0.15, 0.2) is 24.3 Å². The van der Waals surface area contributed by atoms with Crippen molar-refractivity contribution in [1.82, 2.24) is 0 Å². The van der Waals surface area contributed by atoms with Crippen LogP contribution in [0.3, 0.4) is 0 Å². The molecule has 0 saturated heterocycles. The Morgan fingerprint density at radius 2 is 1.26 bits per heavy atom. The predicted molar refractivity (Wildman–Crippen MR) is 75.3 cm³/mol. The first-order valence-corrected chi connectivity index (χ1v) is 6.51. The van der Waals surface area contributed by atoms with Crippen LogP contribution in [0.5, 0.6) is 0 Å². The molecule has 23 heavy (non-hydrogen) atoms. The van der Waals surface area contributed by atoms with Gasteiger partial charge < -0.3 is 24.8 Å². The van der Waals surface area contributed by atoms with Crippen LogP contribution in [0, 0.1) is 5.41 Å². The number of hydrogen-bond acceptors (Lipinski definition) is 7. The number of carbonyl (C=O) groups is 4.